The highest BCUT2D eigenvalue weighted by Gasteiger charge is 2.41. The van der Waals surface area contributed by atoms with E-state index >= 15 is 0 Å². The van der Waals surface area contributed by atoms with Gasteiger partial charge in [-0.05, 0) is 26.2 Å². The summed E-state index contributed by atoms with van der Waals surface area (Å²) in [5.41, 5.74) is 0. The monoisotopic (exact) mass is 300 g/mol. The Morgan fingerprint density at radius 3 is 2.71 bits per heavy atom. The molecule has 3 atom stereocenters. The molecule has 2 N–H and O–H groups in total. The molecule has 0 aliphatic carbocycles. The van der Waals surface area contributed by atoms with E-state index in [2.05, 4.69) is 0 Å². The summed E-state index contributed by atoms with van der Waals surface area (Å²) in [5, 5.41) is 18.7. The first-order chi connectivity index (χ1) is 10.1. The third-order valence-corrected chi connectivity index (χ3v) is 4.44. The number of nitrogens with zero attached hydrogens (tertiary/aromatic N) is 2. The molecule has 2 amide bonds. The number of aliphatic hydroxyl groups is 1. The second kappa shape index (κ2) is 7.09. The summed E-state index contributed by atoms with van der Waals surface area (Å²) in [4.78, 5) is 27.3. The molecular weight excluding hydrogens is 276 g/mol. The van der Waals surface area contributed by atoms with E-state index in [4.69, 9.17) is 4.74 Å². The summed E-state index contributed by atoms with van der Waals surface area (Å²) in [7, 11) is 0. The van der Waals surface area contributed by atoms with Crippen LogP contribution in [-0.2, 0) is 9.53 Å². The molecule has 3 unspecified atom stereocenters. The minimum atomic E-state index is -0.930. The Hall–Kier alpha value is -1.34. The van der Waals surface area contributed by atoms with E-state index in [1.165, 1.54) is 0 Å². The number of piperidine rings is 1. The number of likely N-dealkylation sites (tertiary alicyclic amines) is 1. The molecule has 2 heterocycles. The second-order valence-electron chi connectivity index (χ2n) is 5.64. The third kappa shape index (κ3) is 3.29. The zero-order valence-electron chi connectivity index (χ0n) is 12.4. The molecule has 0 aromatic rings. The van der Waals surface area contributed by atoms with Crippen LogP contribution < -0.4 is 0 Å². The van der Waals surface area contributed by atoms with Gasteiger partial charge in [-0.25, -0.2) is 4.79 Å². The lowest BCUT2D eigenvalue weighted by molar-refractivity contribution is -0.142. The van der Waals surface area contributed by atoms with Crippen LogP contribution in [0, 0.1) is 5.92 Å². The highest BCUT2D eigenvalue weighted by atomic mass is 16.5. The maximum atomic E-state index is 12.7. The molecular formula is C14H24N2O5. The molecule has 0 aromatic heterocycles. The molecule has 7 heteroatoms. The van der Waals surface area contributed by atoms with Gasteiger partial charge in [-0.1, -0.05) is 0 Å². The number of rotatable bonds is 4. The van der Waals surface area contributed by atoms with Gasteiger partial charge < -0.3 is 24.7 Å². The Morgan fingerprint density at radius 2 is 2.10 bits per heavy atom. The number of carbonyl (C=O) groups is 2. The first kappa shape index (κ1) is 16.0. The first-order valence-corrected chi connectivity index (χ1v) is 7.58. The van der Waals surface area contributed by atoms with Crippen LogP contribution in [0.1, 0.15) is 26.2 Å². The van der Waals surface area contributed by atoms with E-state index in [0.717, 1.165) is 19.3 Å². The minimum absolute atomic E-state index is 0.0488. The van der Waals surface area contributed by atoms with Crippen molar-refractivity contribution in [3.05, 3.63) is 0 Å². The largest absolute Gasteiger partial charge is 0.481 e. The van der Waals surface area contributed by atoms with Gasteiger partial charge in [-0.2, -0.15) is 0 Å². The molecule has 7 nitrogen and oxygen atoms in total. The van der Waals surface area contributed by atoms with Gasteiger partial charge >= 0.3 is 12.0 Å². The first-order valence-electron chi connectivity index (χ1n) is 7.58. The number of carboxylic acid groups (broad SMARTS) is 1. The summed E-state index contributed by atoms with van der Waals surface area (Å²) in [6, 6.07) is -0.773. The van der Waals surface area contributed by atoms with Crippen LogP contribution in [0.4, 0.5) is 4.79 Å². The van der Waals surface area contributed by atoms with E-state index in [9.17, 15) is 19.8 Å². The zero-order valence-corrected chi connectivity index (χ0v) is 12.4. The molecule has 0 bridgehead atoms. The number of urea groups is 1. The van der Waals surface area contributed by atoms with Gasteiger partial charge in [0.25, 0.3) is 0 Å². The molecule has 0 aromatic carbocycles. The van der Waals surface area contributed by atoms with Crippen molar-refractivity contribution >= 4 is 12.0 Å². The molecule has 21 heavy (non-hydrogen) atoms. The van der Waals surface area contributed by atoms with Gasteiger partial charge in [0.05, 0.1) is 31.9 Å². The molecule has 2 aliphatic rings. The van der Waals surface area contributed by atoms with Crippen LogP contribution in [0.25, 0.3) is 0 Å². The van der Waals surface area contributed by atoms with Crippen molar-refractivity contribution < 1.29 is 24.5 Å². The SMILES string of the molecule is CCN(C(=O)N1CCCCC1CO)C1COCC1C(=O)O. The molecule has 0 spiro atoms. The van der Waals surface area contributed by atoms with E-state index in [0.29, 0.717) is 13.1 Å². The summed E-state index contributed by atoms with van der Waals surface area (Å²) >= 11 is 0. The van der Waals surface area contributed by atoms with Gasteiger partial charge in [0.1, 0.15) is 5.92 Å². The Morgan fingerprint density at radius 1 is 1.33 bits per heavy atom. The van der Waals surface area contributed by atoms with Crippen molar-refractivity contribution in [1.29, 1.82) is 0 Å². The number of hydrogen-bond acceptors (Lipinski definition) is 4. The summed E-state index contributed by atoms with van der Waals surface area (Å²) in [5.74, 6) is -1.60. The predicted molar refractivity (Wildman–Crippen MR) is 74.9 cm³/mol. The van der Waals surface area contributed by atoms with Crippen LogP contribution in [-0.4, -0.2) is 77.0 Å². The Balaban J connectivity index is 2.12. The Kier molecular flexibility index (Phi) is 5.41. The van der Waals surface area contributed by atoms with Crippen molar-refractivity contribution in [1.82, 2.24) is 9.80 Å². The Bertz CT molecular complexity index is 390. The van der Waals surface area contributed by atoms with Gasteiger partial charge in [0, 0.05) is 13.1 Å². The number of amides is 2. The minimum Gasteiger partial charge on any atom is -0.481 e. The molecule has 0 radical (unpaired) electrons. The van der Waals surface area contributed by atoms with Crippen molar-refractivity contribution in [3.63, 3.8) is 0 Å². The number of carbonyl (C=O) groups excluding carboxylic acids is 1. The third-order valence-electron chi connectivity index (χ3n) is 4.44. The summed E-state index contributed by atoms with van der Waals surface area (Å²) in [6.07, 6.45) is 2.72. The highest BCUT2D eigenvalue weighted by molar-refractivity contribution is 5.77. The lowest BCUT2D eigenvalue weighted by Gasteiger charge is -2.40. The fourth-order valence-corrected chi connectivity index (χ4v) is 3.20. The van der Waals surface area contributed by atoms with E-state index in [1.54, 1.807) is 9.80 Å². The average molecular weight is 300 g/mol. The molecule has 2 saturated heterocycles. The zero-order chi connectivity index (χ0) is 15.4. The second-order valence-corrected chi connectivity index (χ2v) is 5.64. The van der Waals surface area contributed by atoms with Crippen LogP contribution in [0.5, 0.6) is 0 Å². The maximum Gasteiger partial charge on any atom is 0.320 e. The van der Waals surface area contributed by atoms with Gasteiger partial charge in [-0.3, -0.25) is 4.79 Å². The van der Waals surface area contributed by atoms with Crippen LogP contribution in [0.3, 0.4) is 0 Å². The van der Waals surface area contributed by atoms with Crippen LogP contribution in [0.15, 0.2) is 0 Å². The summed E-state index contributed by atoms with van der Waals surface area (Å²) < 4.78 is 5.26. The molecule has 120 valence electrons. The lowest BCUT2D eigenvalue weighted by Crippen LogP contribution is -2.56. The van der Waals surface area contributed by atoms with Gasteiger partial charge in [-0.15, -0.1) is 0 Å². The predicted octanol–water partition coefficient (Wildman–Crippen LogP) is 0.375. The average Bonchev–Trinajstić information content (AvgIpc) is 2.97. The number of likely N-dealkylation sites (N-methyl/N-ethyl adjacent to an activating group) is 1. The van der Waals surface area contributed by atoms with Gasteiger partial charge in [0.2, 0.25) is 0 Å². The smallest absolute Gasteiger partial charge is 0.320 e. The number of aliphatic hydroxyl groups excluding tert-OH is 1. The normalized spacial score (nSPS) is 29.4. The van der Waals surface area contributed by atoms with E-state index in [1.807, 2.05) is 6.92 Å². The molecule has 2 aliphatic heterocycles. The Labute approximate surface area is 124 Å². The van der Waals surface area contributed by atoms with Crippen molar-refractivity contribution in [2.24, 2.45) is 5.92 Å². The van der Waals surface area contributed by atoms with Crippen molar-refractivity contribution in [3.8, 4) is 0 Å². The maximum absolute atomic E-state index is 12.7. The van der Waals surface area contributed by atoms with Crippen LogP contribution >= 0.6 is 0 Å². The van der Waals surface area contributed by atoms with Crippen LogP contribution in [0.2, 0.25) is 0 Å². The standard InChI is InChI=1S/C14H24N2O5/c1-2-15(12-9-21-8-11(12)13(18)19)14(20)16-6-4-3-5-10(16)7-17/h10-12,17H,2-9H2,1H3,(H,18,19). The van der Waals surface area contributed by atoms with E-state index < -0.39 is 17.9 Å². The highest BCUT2D eigenvalue weighted by Crippen LogP contribution is 2.24. The van der Waals surface area contributed by atoms with Crippen molar-refractivity contribution in [2.75, 3.05) is 32.9 Å². The molecule has 2 rings (SSSR count). The van der Waals surface area contributed by atoms with E-state index in [-0.39, 0.29) is 31.9 Å². The fourth-order valence-electron chi connectivity index (χ4n) is 3.20. The number of hydrogen-bond donors (Lipinski definition) is 2. The number of carboxylic acids is 1. The van der Waals surface area contributed by atoms with Gasteiger partial charge in [0.15, 0.2) is 0 Å². The number of ether oxygens (including phenoxy) is 1. The summed E-state index contributed by atoms with van der Waals surface area (Å²) in [6.45, 7) is 3.25. The quantitative estimate of drug-likeness (QED) is 0.783. The lowest BCUT2D eigenvalue weighted by atomic mass is 10.0. The van der Waals surface area contributed by atoms with Crippen molar-refractivity contribution in [2.45, 2.75) is 38.3 Å². The molecule has 2 fully saturated rings. The fraction of sp³-hybridized carbons (Fsp3) is 0.857. The molecule has 0 saturated carbocycles. The topological polar surface area (TPSA) is 90.3 Å². The number of aliphatic carboxylic acids is 1.